The Labute approximate surface area is 159 Å². The highest BCUT2D eigenvalue weighted by Crippen LogP contribution is 2.28. The van der Waals surface area contributed by atoms with Crippen molar-refractivity contribution in [3.63, 3.8) is 0 Å². The van der Waals surface area contributed by atoms with Gasteiger partial charge in [0.15, 0.2) is 5.76 Å². The molecule has 0 aliphatic carbocycles. The molecule has 3 aromatic rings. The Kier molecular flexibility index (Phi) is 4.81. The molecular formula is C19H23N4O3S+. The number of oxazole rings is 1. The largest absolute Gasteiger partial charge is 0.436 e. The van der Waals surface area contributed by atoms with Crippen molar-refractivity contribution < 1.29 is 16.8 Å². The minimum Gasteiger partial charge on any atom is -0.436 e. The van der Waals surface area contributed by atoms with Gasteiger partial charge in [-0.05, 0) is 48.5 Å². The van der Waals surface area contributed by atoms with Crippen LogP contribution in [-0.4, -0.2) is 45.6 Å². The van der Waals surface area contributed by atoms with Gasteiger partial charge in [-0.3, -0.25) is 0 Å². The number of nitrogens with two attached hydrogens (primary N) is 1. The Morgan fingerprint density at radius 1 is 0.963 bits per heavy atom. The summed E-state index contributed by atoms with van der Waals surface area (Å²) in [5.41, 5.74) is 2.70. The van der Waals surface area contributed by atoms with Gasteiger partial charge < -0.3 is 9.32 Å². The predicted octanol–water partition coefficient (Wildman–Crippen LogP) is 2.71. The van der Waals surface area contributed by atoms with Crippen molar-refractivity contribution in [2.75, 3.05) is 33.1 Å². The molecule has 0 amide bonds. The van der Waals surface area contributed by atoms with Crippen molar-refractivity contribution in [2.45, 2.75) is 4.90 Å². The molecule has 1 heterocycles. The number of sulfonamides is 1. The molecule has 0 aliphatic heterocycles. The van der Waals surface area contributed by atoms with Crippen LogP contribution in [0, 0.1) is 0 Å². The third-order valence-electron chi connectivity index (χ3n) is 4.19. The van der Waals surface area contributed by atoms with Crippen LogP contribution in [0.25, 0.3) is 22.8 Å². The Morgan fingerprint density at radius 2 is 1.52 bits per heavy atom. The van der Waals surface area contributed by atoms with Crippen LogP contribution in [-0.2, 0) is 10.0 Å². The van der Waals surface area contributed by atoms with Gasteiger partial charge in [-0.15, -0.1) is 4.00 Å². The van der Waals surface area contributed by atoms with Crippen molar-refractivity contribution in [2.24, 2.45) is 5.84 Å². The standard InChI is InChI=1S/C19H23N4O3S/c1-22(2)16-9-5-14(6-10-16)18-13-21-19(26-18)15-7-11-17(12-8-15)27(24,25)23(3,4)20/h5-13H,20H2,1-4H3/q+1. The van der Waals surface area contributed by atoms with Crippen LogP contribution in [0.15, 0.2) is 64.0 Å². The zero-order valence-electron chi connectivity index (χ0n) is 15.7. The molecule has 0 unspecified atom stereocenters. The number of rotatable bonds is 5. The van der Waals surface area contributed by atoms with Crippen molar-refractivity contribution in [3.8, 4) is 22.8 Å². The lowest BCUT2D eigenvalue weighted by atomic mass is 10.1. The highest BCUT2D eigenvalue weighted by atomic mass is 32.2. The van der Waals surface area contributed by atoms with Gasteiger partial charge in [0.1, 0.15) is 19.0 Å². The van der Waals surface area contributed by atoms with Crippen LogP contribution >= 0.6 is 0 Å². The normalized spacial score (nSPS) is 12.2. The number of benzene rings is 2. The lowest BCUT2D eigenvalue weighted by Gasteiger charge is -2.21. The van der Waals surface area contributed by atoms with Gasteiger partial charge >= 0.3 is 10.0 Å². The minimum atomic E-state index is -3.66. The van der Waals surface area contributed by atoms with Crippen LogP contribution in [0.1, 0.15) is 0 Å². The van der Waals surface area contributed by atoms with Gasteiger partial charge in [0.2, 0.25) is 5.89 Å². The van der Waals surface area contributed by atoms with Crippen LogP contribution in [0.2, 0.25) is 0 Å². The number of nitrogens with zero attached hydrogens (tertiary/aromatic N) is 3. The fourth-order valence-corrected chi connectivity index (χ4v) is 3.53. The summed E-state index contributed by atoms with van der Waals surface area (Å²) in [7, 11) is 3.12. The third kappa shape index (κ3) is 3.73. The van der Waals surface area contributed by atoms with Gasteiger partial charge in [0.25, 0.3) is 0 Å². The summed E-state index contributed by atoms with van der Waals surface area (Å²) >= 11 is 0. The van der Waals surface area contributed by atoms with Crippen molar-refractivity contribution in [3.05, 3.63) is 54.7 Å². The van der Waals surface area contributed by atoms with Gasteiger partial charge in [-0.1, -0.05) is 0 Å². The van der Waals surface area contributed by atoms with E-state index in [9.17, 15) is 8.42 Å². The fraction of sp³-hybridized carbons (Fsp3) is 0.211. The van der Waals surface area contributed by atoms with Gasteiger partial charge in [0, 0.05) is 30.9 Å². The molecular weight excluding hydrogens is 364 g/mol. The SMILES string of the molecule is CN(C)c1ccc(-c2cnc(-c3ccc(S(=O)(=O)[N+](C)(C)N)cc3)o2)cc1. The quantitative estimate of drug-likeness (QED) is 0.411. The maximum Gasteiger partial charge on any atom is 0.344 e. The Hall–Kier alpha value is -2.68. The first-order valence-electron chi connectivity index (χ1n) is 8.31. The highest BCUT2D eigenvalue weighted by molar-refractivity contribution is 7.85. The molecule has 3 rings (SSSR count). The molecule has 2 aromatic carbocycles. The first-order valence-corrected chi connectivity index (χ1v) is 9.75. The van der Waals surface area contributed by atoms with E-state index < -0.39 is 14.0 Å². The van der Waals surface area contributed by atoms with Crippen molar-refractivity contribution in [1.82, 2.24) is 4.98 Å². The Balaban J connectivity index is 1.87. The first-order chi connectivity index (χ1) is 12.6. The third-order valence-corrected chi connectivity index (χ3v) is 6.30. The zero-order chi connectivity index (χ0) is 19.8. The summed E-state index contributed by atoms with van der Waals surface area (Å²) in [6.45, 7) is 0. The second kappa shape index (κ2) is 6.80. The van der Waals surface area contributed by atoms with E-state index >= 15 is 0 Å². The highest BCUT2D eigenvalue weighted by Gasteiger charge is 2.31. The van der Waals surface area contributed by atoms with E-state index in [0.29, 0.717) is 17.2 Å². The molecule has 2 N–H and O–H groups in total. The molecule has 0 saturated carbocycles. The summed E-state index contributed by atoms with van der Waals surface area (Å²) in [4.78, 5) is 6.47. The van der Waals surface area contributed by atoms with Crippen molar-refractivity contribution in [1.29, 1.82) is 0 Å². The van der Waals surface area contributed by atoms with E-state index in [1.54, 1.807) is 18.3 Å². The lowest BCUT2D eigenvalue weighted by molar-refractivity contribution is -0.774. The van der Waals surface area contributed by atoms with Crippen LogP contribution in [0.3, 0.4) is 0 Å². The number of hydrogen-bond acceptors (Lipinski definition) is 6. The molecule has 0 saturated heterocycles. The van der Waals surface area contributed by atoms with Gasteiger partial charge in [-0.25, -0.2) is 4.98 Å². The van der Waals surface area contributed by atoms with E-state index in [-0.39, 0.29) is 4.90 Å². The molecule has 142 valence electrons. The summed E-state index contributed by atoms with van der Waals surface area (Å²) in [6.07, 6.45) is 1.66. The second-order valence-corrected chi connectivity index (χ2v) is 9.27. The van der Waals surface area contributed by atoms with E-state index in [1.165, 1.54) is 26.2 Å². The molecule has 0 aliphatic rings. The number of aromatic nitrogens is 1. The summed E-state index contributed by atoms with van der Waals surface area (Å²) in [5, 5.41) is 0. The number of hydrogen-bond donors (Lipinski definition) is 1. The van der Waals surface area contributed by atoms with Gasteiger partial charge in [-0.2, -0.15) is 14.3 Å². The number of quaternary nitrogens is 1. The molecule has 0 radical (unpaired) electrons. The van der Waals surface area contributed by atoms with Crippen LogP contribution in [0.4, 0.5) is 5.69 Å². The minimum absolute atomic E-state index is 0.143. The molecule has 0 spiro atoms. The maximum absolute atomic E-state index is 12.4. The van der Waals surface area contributed by atoms with Crippen LogP contribution < -0.4 is 10.7 Å². The van der Waals surface area contributed by atoms with Crippen LogP contribution in [0.5, 0.6) is 0 Å². The number of anilines is 1. The predicted molar refractivity (Wildman–Crippen MR) is 105 cm³/mol. The average molecular weight is 387 g/mol. The molecule has 0 bridgehead atoms. The average Bonchev–Trinajstić information content (AvgIpc) is 3.11. The fourth-order valence-electron chi connectivity index (χ4n) is 2.51. The lowest BCUT2D eigenvalue weighted by Crippen LogP contribution is -2.51. The Morgan fingerprint density at radius 3 is 2.04 bits per heavy atom. The monoisotopic (exact) mass is 387 g/mol. The second-order valence-electron chi connectivity index (χ2n) is 6.90. The summed E-state index contributed by atoms with van der Waals surface area (Å²) < 4.78 is 29.9. The molecule has 0 atom stereocenters. The smallest absolute Gasteiger partial charge is 0.344 e. The van der Waals surface area contributed by atoms with Crippen molar-refractivity contribution >= 4 is 15.7 Å². The molecule has 7 nitrogen and oxygen atoms in total. The van der Waals surface area contributed by atoms with E-state index in [2.05, 4.69) is 4.98 Å². The van der Waals surface area contributed by atoms with Gasteiger partial charge in [0.05, 0.1) is 6.20 Å². The summed E-state index contributed by atoms with van der Waals surface area (Å²) in [5.74, 6) is 6.78. The molecule has 0 fully saturated rings. The first kappa shape index (κ1) is 19.1. The van der Waals surface area contributed by atoms with E-state index in [1.807, 2.05) is 43.3 Å². The maximum atomic E-state index is 12.4. The molecule has 8 heteroatoms. The Bertz CT molecular complexity index is 1030. The summed E-state index contributed by atoms with van der Waals surface area (Å²) in [6, 6.07) is 14.3. The van der Waals surface area contributed by atoms with E-state index in [0.717, 1.165) is 11.3 Å². The topological polar surface area (TPSA) is 89.4 Å². The molecule has 27 heavy (non-hydrogen) atoms. The van der Waals surface area contributed by atoms with E-state index in [4.69, 9.17) is 10.3 Å². The molecule has 1 aromatic heterocycles. The zero-order valence-corrected chi connectivity index (χ0v) is 16.6.